The molecule has 4 aromatic rings. The molecule has 2 aromatic carbocycles. The topological polar surface area (TPSA) is 59.3 Å². The van der Waals surface area contributed by atoms with Crippen LogP contribution in [0.1, 0.15) is 27.3 Å². The van der Waals surface area contributed by atoms with Crippen LogP contribution in [0.4, 0.5) is 14.5 Å². The maximum atomic E-state index is 13.9. The number of hydrogen-bond acceptors (Lipinski definition) is 3. The predicted octanol–water partition coefficient (Wildman–Crippen LogP) is 4.85. The van der Waals surface area contributed by atoms with Gasteiger partial charge in [-0.3, -0.25) is 4.79 Å². The van der Waals surface area contributed by atoms with Crippen LogP contribution in [0.15, 0.2) is 48.7 Å². The number of anilines is 1. The molecule has 0 unspecified atom stereocenters. The fraction of sp³-hybridized carbons (Fsp3) is 0.136. The lowest BCUT2D eigenvalue weighted by Gasteiger charge is -2.10. The molecule has 0 aliphatic rings. The zero-order chi connectivity index (χ0) is 20.7. The van der Waals surface area contributed by atoms with Crippen molar-refractivity contribution in [2.45, 2.75) is 20.8 Å². The molecule has 0 saturated carbocycles. The Morgan fingerprint density at radius 2 is 1.86 bits per heavy atom. The zero-order valence-electron chi connectivity index (χ0n) is 16.1. The predicted molar refractivity (Wildman–Crippen MR) is 107 cm³/mol. The number of carbonyl (C=O) groups excluding carboxylic acids is 1. The first-order valence-electron chi connectivity index (χ1n) is 9.03. The molecular formula is C22H18F2N4O. The lowest BCUT2D eigenvalue weighted by Crippen LogP contribution is -2.17. The Bertz CT molecular complexity index is 1260. The molecule has 0 spiro atoms. The van der Waals surface area contributed by atoms with Crippen molar-refractivity contribution in [3.63, 3.8) is 0 Å². The third-order valence-electron chi connectivity index (χ3n) is 4.79. The van der Waals surface area contributed by atoms with Crippen molar-refractivity contribution in [3.05, 3.63) is 82.8 Å². The quantitative estimate of drug-likeness (QED) is 0.542. The summed E-state index contributed by atoms with van der Waals surface area (Å²) in [5, 5.41) is 6.94. The molecule has 0 radical (unpaired) electrons. The zero-order valence-corrected chi connectivity index (χ0v) is 16.1. The third kappa shape index (κ3) is 3.35. The van der Waals surface area contributed by atoms with Crippen LogP contribution in [0.3, 0.4) is 0 Å². The van der Waals surface area contributed by atoms with Crippen molar-refractivity contribution in [2.24, 2.45) is 0 Å². The summed E-state index contributed by atoms with van der Waals surface area (Å²) in [6.45, 7) is 5.63. The first kappa shape index (κ1) is 18.7. The van der Waals surface area contributed by atoms with Crippen molar-refractivity contribution in [2.75, 3.05) is 5.32 Å². The summed E-state index contributed by atoms with van der Waals surface area (Å²) in [7, 11) is 0. The van der Waals surface area contributed by atoms with E-state index in [4.69, 9.17) is 0 Å². The van der Waals surface area contributed by atoms with E-state index in [-0.39, 0.29) is 11.3 Å². The van der Waals surface area contributed by atoms with Crippen LogP contribution in [0, 0.1) is 32.4 Å². The van der Waals surface area contributed by atoms with Crippen molar-refractivity contribution < 1.29 is 13.6 Å². The minimum atomic E-state index is -0.719. The van der Waals surface area contributed by atoms with Crippen molar-refractivity contribution in [1.29, 1.82) is 0 Å². The number of carbonyl (C=O) groups is 1. The molecule has 1 N–H and O–H groups in total. The Kier molecular flexibility index (Phi) is 4.58. The van der Waals surface area contributed by atoms with Crippen LogP contribution in [0.2, 0.25) is 0 Å². The highest BCUT2D eigenvalue weighted by Crippen LogP contribution is 2.29. The smallest absolute Gasteiger partial charge is 0.259 e. The van der Waals surface area contributed by atoms with Gasteiger partial charge in [-0.25, -0.2) is 18.3 Å². The highest BCUT2D eigenvalue weighted by atomic mass is 19.1. The number of hydrogen-bond donors (Lipinski definition) is 1. The van der Waals surface area contributed by atoms with Crippen LogP contribution < -0.4 is 5.32 Å². The highest BCUT2D eigenvalue weighted by Gasteiger charge is 2.19. The fourth-order valence-electron chi connectivity index (χ4n) is 3.35. The molecule has 0 saturated heterocycles. The van der Waals surface area contributed by atoms with E-state index in [0.29, 0.717) is 11.3 Å². The van der Waals surface area contributed by atoms with Crippen LogP contribution in [0.5, 0.6) is 0 Å². The van der Waals surface area contributed by atoms with E-state index in [1.165, 1.54) is 6.20 Å². The average molecular weight is 392 g/mol. The summed E-state index contributed by atoms with van der Waals surface area (Å²) in [6.07, 6.45) is 1.43. The molecule has 0 aliphatic heterocycles. The molecule has 4 rings (SSSR count). The Hall–Kier alpha value is -3.61. The number of aryl methyl sites for hydroxylation is 3. The van der Waals surface area contributed by atoms with Crippen LogP contribution in [0.25, 0.3) is 16.8 Å². The first-order chi connectivity index (χ1) is 13.8. The number of benzene rings is 2. The van der Waals surface area contributed by atoms with Gasteiger partial charge in [0.2, 0.25) is 0 Å². The van der Waals surface area contributed by atoms with Gasteiger partial charge < -0.3 is 5.32 Å². The number of amides is 1. The van der Waals surface area contributed by atoms with Crippen molar-refractivity contribution >= 4 is 17.2 Å². The number of aromatic nitrogens is 3. The number of rotatable bonds is 3. The summed E-state index contributed by atoms with van der Waals surface area (Å²) in [5.41, 5.74) is 4.94. The molecule has 2 aromatic heterocycles. The monoisotopic (exact) mass is 392 g/mol. The summed E-state index contributed by atoms with van der Waals surface area (Å²) in [5.74, 6) is -1.95. The van der Waals surface area contributed by atoms with E-state index in [0.717, 1.165) is 40.6 Å². The Labute approximate surface area is 166 Å². The lowest BCUT2D eigenvalue weighted by molar-refractivity contribution is 0.102. The van der Waals surface area contributed by atoms with E-state index >= 15 is 0 Å². The molecule has 0 bridgehead atoms. The largest absolute Gasteiger partial charge is 0.319 e. The molecule has 5 nitrogen and oxygen atoms in total. The van der Waals surface area contributed by atoms with Gasteiger partial charge in [0.25, 0.3) is 5.91 Å². The molecule has 7 heteroatoms. The van der Waals surface area contributed by atoms with Gasteiger partial charge in [-0.05, 0) is 38.5 Å². The SMILES string of the molecule is Cc1cccc(-c2c(C)nn3c(C)c(C(=O)Nc4cc(F)ccc4F)cnc23)c1. The second-order valence-electron chi connectivity index (χ2n) is 6.90. The van der Waals surface area contributed by atoms with E-state index in [2.05, 4.69) is 15.4 Å². The molecule has 0 fully saturated rings. The molecule has 0 aliphatic carbocycles. The second kappa shape index (κ2) is 7.09. The first-order valence-corrected chi connectivity index (χ1v) is 9.03. The minimum absolute atomic E-state index is 0.222. The molecule has 0 atom stereocenters. The van der Waals surface area contributed by atoms with Gasteiger partial charge in [0.15, 0.2) is 5.65 Å². The average Bonchev–Trinajstić information content (AvgIpc) is 3.02. The standard InChI is InChI=1S/C22H18F2N4O/c1-12-5-4-6-15(9-12)20-13(2)27-28-14(3)17(11-25-21(20)28)22(29)26-19-10-16(23)7-8-18(19)24/h4-11H,1-3H3,(H,26,29). The van der Waals surface area contributed by atoms with Gasteiger partial charge in [0.05, 0.1) is 22.6 Å². The lowest BCUT2D eigenvalue weighted by atomic mass is 10.0. The van der Waals surface area contributed by atoms with Gasteiger partial charge in [-0.2, -0.15) is 5.10 Å². The normalized spacial score (nSPS) is 11.1. The minimum Gasteiger partial charge on any atom is -0.319 e. The van der Waals surface area contributed by atoms with Crippen molar-refractivity contribution in [3.8, 4) is 11.1 Å². The Balaban J connectivity index is 1.77. The van der Waals surface area contributed by atoms with Crippen LogP contribution in [-0.4, -0.2) is 20.5 Å². The molecular weight excluding hydrogens is 374 g/mol. The van der Waals surface area contributed by atoms with Gasteiger partial charge >= 0.3 is 0 Å². The molecule has 29 heavy (non-hydrogen) atoms. The summed E-state index contributed by atoms with van der Waals surface area (Å²) < 4.78 is 28.8. The van der Waals surface area contributed by atoms with E-state index in [9.17, 15) is 13.6 Å². The van der Waals surface area contributed by atoms with Crippen LogP contribution in [-0.2, 0) is 0 Å². The fourth-order valence-corrected chi connectivity index (χ4v) is 3.35. The molecule has 2 heterocycles. The highest BCUT2D eigenvalue weighted by molar-refractivity contribution is 6.05. The second-order valence-corrected chi connectivity index (χ2v) is 6.90. The van der Waals surface area contributed by atoms with Crippen LogP contribution >= 0.6 is 0 Å². The van der Waals surface area contributed by atoms with Gasteiger partial charge in [0, 0.05) is 17.8 Å². The molecule has 1 amide bonds. The maximum Gasteiger partial charge on any atom is 0.259 e. The van der Waals surface area contributed by atoms with E-state index < -0.39 is 17.5 Å². The number of fused-ring (bicyclic) bond motifs is 1. The van der Waals surface area contributed by atoms with E-state index in [1.54, 1.807) is 11.4 Å². The van der Waals surface area contributed by atoms with Crippen molar-refractivity contribution in [1.82, 2.24) is 14.6 Å². The maximum absolute atomic E-state index is 13.9. The Morgan fingerprint density at radius 1 is 1.07 bits per heavy atom. The Morgan fingerprint density at radius 3 is 2.62 bits per heavy atom. The van der Waals surface area contributed by atoms with Gasteiger partial charge in [-0.1, -0.05) is 29.8 Å². The summed E-state index contributed by atoms with van der Waals surface area (Å²) >= 11 is 0. The number of halogens is 2. The van der Waals surface area contributed by atoms with Gasteiger partial charge in [-0.15, -0.1) is 0 Å². The summed E-state index contributed by atoms with van der Waals surface area (Å²) in [4.78, 5) is 17.1. The van der Waals surface area contributed by atoms with E-state index in [1.807, 2.05) is 38.1 Å². The molecule has 146 valence electrons. The summed E-state index contributed by atoms with van der Waals surface area (Å²) in [6, 6.07) is 10.9. The number of nitrogens with zero attached hydrogens (tertiary/aromatic N) is 3. The number of nitrogens with one attached hydrogen (secondary N) is 1. The van der Waals surface area contributed by atoms with Gasteiger partial charge in [0.1, 0.15) is 11.6 Å². The third-order valence-corrected chi connectivity index (χ3v) is 4.79.